The van der Waals surface area contributed by atoms with Gasteiger partial charge in [-0.25, -0.2) is 0 Å². The minimum atomic E-state index is -0.306. The second-order valence-corrected chi connectivity index (χ2v) is 5.76. The van der Waals surface area contributed by atoms with Crippen molar-refractivity contribution in [1.82, 2.24) is 10.2 Å². The van der Waals surface area contributed by atoms with Gasteiger partial charge in [0.2, 0.25) is 10.1 Å². The zero-order valence-corrected chi connectivity index (χ0v) is 13.1. The van der Waals surface area contributed by atoms with Gasteiger partial charge in [0, 0.05) is 16.7 Å². The molecule has 5 nitrogen and oxygen atoms in total. The first kappa shape index (κ1) is 14.2. The van der Waals surface area contributed by atoms with E-state index in [1.807, 2.05) is 6.92 Å². The quantitative estimate of drug-likeness (QED) is 0.872. The van der Waals surface area contributed by atoms with Gasteiger partial charge in [0.25, 0.3) is 5.91 Å². The maximum Gasteiger partial charge on any atom is 0.286 e. The lowest BCUT2D eigenvalue weighted by molar-refractivity contribution is 0.102. The topological polar surface area (TPSA) is 66.9 Å². The van der Waals surface area contributed by atoms with E-state index in [0.29, 0.717) is 20.8 Å². The Kier molecular flexibility index (Phi) is 4.73. The fourth-order valence-electron chi connectivity index (χ4n) is 1.30. The van der Waals surface area contributed by atoms with Crippen LogP contribution in [0.15, 0.2) is 22.7 Å². The molecule has 0 aliphatic rings. The summed E-state index contributed by atoms with van der Waals surface area (Å²) >= 11 is 10.4. The van der Waals surface area contributed by atoms with Crippen LogP contribution in [0.4, 0.5) is 10.8 Å². The van der Waals surface area contributed by atoms with Crippen LogP contribution in [0.2, 0.25) is 5.02 Å². The maximum atomic E-state index is 11.9. The van der Waals surface area contributed by atoms with Crippen molar-refractivity contribution in [2.45, 2.75) is 6.92 Å². The molecular weight excluding hydrogens is 352 g/mol. The third kappa shape index (κ3) is 3.65. The smallest absolute Gasteiger partial charge is 0.286 e. The number of anilines is 2. The van der Waals surface area contributed by atoms with Crippen molar-refractivity contribution in [3.05, 3.63) is 32.7 Å². The van der Waals surface area contributed by atoms with Gasteiger partial charge in [-0.2, -0.15) is 0 Å². The molecule has 0 unspecified atom stereocenters. The minimum Gasteiger partial charge on any atom is -0.360 e. The van der Waals surface area contributed by atoms with Crippen molar-refractivity contribution in [1.29, 1.82) is 0 Å². The van der Waals surface area contributed by atoms with Crippen molar-refractivity contribution < 1.29 is 4.79 Å². The molecule has 0 aliphatic heterocycles. The van der Waals surface area contributed by atoms with Crippen LogP contribution in [0.5, 0.6) is 0 Å². The molecule has 0 bridgehead atoms. The van der Waals surface area contributed by atoms with E-state index in [1.54, 1.807) is 18.2 Å². The van der Waals surface area contributed by atoms with Crippen LogP contribution >= 0.6 is 38.9 Å². The number of hydrogen-bond acceptors (Lipinski definition) is 5. The summed E-state index contributed by atoms with van der Waals surface area (Å²) in [4.78, 5) is 11.9. The molecule has 100 valence electrons. The van der Waals surface area contributed by atoms with Crippen molar-refractivity contribution in [3.63, 3.8) is 0 Å². The Bertz CT molecular complexity index is 604. The third-order valence-electron chi connectivity index (χ3n) is 2.12. The molecule has 0 radical (unpaired) electrons. The fraction of sp³-hybridized carbons (Fsp3) is 0.182. The second-order valence-electron chi connectivity index (χ2n) is 3.53. The van der Waals surface area contributed by atoms with Crippen LogP contribution in [0.1, 0.15) is 16.7 Å². The van der Waals surface area contributed by atoms with E-state index in [1.165, 1.54) is 11.3 Å². The lowest BCUT2D eigenvalue weighted by Crippen LogP contribution is -2.11. The summed E-state index contributed by atoms with van der Waals surface area (Å²) < 4.78 is 0.775. The van der Waals surface area contributed by atoms with Gasteiger partial charge >= 0.3 is 0 Å². The van der Waals surface area contributed by atoms with E-state index in [2.05, 4.69) is 36.8 Å². The Hall–Kier alpha value is -1.18. The molecule has 0 saturated carbocycles. The molecule has 0 atom stereocenters. The molecule has 1 aromatic carbocycles. The monoisotopic (exact) mass is 360 g/mol. The number of aromatic nitrogens is 2. The van der Waals surface area contributed by atoms with Gasteiger partial charge in [-0.05, 0) is 41.1 Å². The molecule has 8 heteroatoms. The summed E-state index contributed by atoms with van der Waals surface area (Å²) in [6.45, 7) is 2.68. The molecule has 1 aromatic heterocycles. The van der Waals surface area contributed by atoms with Crippen molar-refractivity contribution in [3.8, 4) is 0 Å². The van der Waals surface area contributed by atoms with Crippen molar-refractivity contribution in [2.24, 2.45) is 0 Å². The number of carbonyl (C=O) groups is 1. The molecule has 19 heavy (non-hydrogen) atoms. The molecule has 0 aliphatic carbocycles. The predicted molar refractivity (Wildman–Crippen MR) is 81.2 cm³/mol. The number of halogens is 2. The van der Waals surface area contributed by atoms with Crippen molar-refractivity contribution in [2.75, 3.05) is 17.2 Å². The van der Waals surface area contributed by atoms with Crippen LogP contribution < -0.4 is 10.6 Å². The minimum absolute atomic E-state index is 0.301. The SMILES string of the molecule is CCNc1nnc(C(=O)Nc2ccc(Br)c(Cl)c2)s1. The lowest BCUT2D eigenvalue weighted by atomic mass is 10.3. The average molecular weight is 362 g/mol. The fourth-order valence-corrected chi connectivity index (χ4v) is 2.43. The molecule has 0 fully saturated rings. The second kappa shape index (κ2) is 6.31. The van der Waals surface area contributed by atoms with Gasteiger partial charge in [0.1, 0.15) is 0 Å². The van der Waals surface area contributed by atoms with Gasteiger partial charge < -0.3 is 10.6 Å². The maximum absolute atomic E-state index is 11.9. The van der Waals surface area contributed by atoms with E-state index in [0.717, 1.165) is 11.0 Å². The van der Waals surface area contributed by atoms with Crippen molar-refractivity contribution >= 4 is 55.6 Å². The van der Waals surface area contributed by atoms with E-state index in [4.69, 9.17) is 11.6 Å². The highest BCUT2D eigenvalue weighted by atomic mass is 79.9. The number of rotatable bonds is 4. The number of benzene rings is 1. The predicted octanol–water partition coefficient (Wildman–Crippen LogP) is 3.64. The molecular formula is C11H10BrClN4OS. The number of nitrogens with one attached hydrogen (secondary N) is 2. The largest absolute Gasteiger partial charge is 0.360 e. The lowest BCUT2D eigenvalue weighted by Gasteiger charge is -2.03. The van der Waals surface area contributed by atoms with Crippen LogP contribution in [-0.2, 0) is 0 Å². The summed E-state index contributed by atoms with van der Waals surface area (Å²) in [5, 5.41) is 14.9. The van der Waals surface area contributed by atoms with E-state index in [-0.39, 0.29) is 5.91 Å². The normalized spacial score (nSPS) is 10.3. The Morgan fingerprint density at radius 1 is 1.47 bits per heavy atom. The van der Waals surface area contributed by atoms with E-state index in [9.17, 15) is 4.79 Å². The molecule has 1 heterocycles. The number of nitrogens with zero attached hydrogens (tertiary/aromatic N) is 2. The molecule has 2 aromatic rings. The third-order valence-corrected chi connectivity index (χ3v) is 4.24. The average Bonchev–Trinajstić information content (AvgIpc) is 2.83. The molecule has 0 saturated heterocycles. The summed E-state index contributed by atoms with van der Waals surface area (Å²) in [5.74, 6) is -0.306. The first-order valence-electron chi connectivity index (χ1n) is 5.44. The first-order valence-corrected chi connectivity index (χ1v) is 7.42. The summed E-state index contributed by atoms with van der Waals surface area (Å²) in [5.41, 5.74) is 0.610. The first-order chi connectivity index (χ1) is 9.10. The Morgan fingerprint density at radius 2 is 2.26 bits per heavy atom. The van der Waals surface area contributed by atoms with Crippen LogP contribution in [0, 0.1) is 0 Å². The highest BCUT2D eigenvalue weighted by molar-refractivity contribution is 9.10. The molecule has 0 spiro atoms. The Labute approximate surface area is 127 Å². The van der Waals surface area contributed by atoms with Gasteiger partial charge in [0.05, 0.1) is 5.02 Å². The summed E-state index contributed by atoms with van der Waals surface area (Å²) in [6.07, 6.45) is 0. The highest BCUT2D eigenvalue weighted by Gasteiger charge is 2.13. The van der Waals surface area contributed by atoms with Gasteiger partial charge in [-0.1, -0.05) is 22.9 Å². The van der Waals surface area contributed by atoms with Gasteiger partial charge in [-0.15, -0.1) is 10.2 Å². The zero-order chi connectivity index (χ0) is 13.8. The van der Waals surface area contributed by atoms with Gasteiger partial charge in [0.15, 0.2) is 0 Å². The van der Waals surface area contributed by atoms with E-state index >= 15 is 0 Å². The Balaban J connectivity index is 2.09. The molecule has 2 N–H and O–H groups in total. The van der Waals surface area contributed by atoms with E-state index < -0.39 is 0 Å². The summed E-state index contributed by atoms with van der Waals surface area (Å²) in [7, 11) is 0. The molecule has 2 rings (SSSR count). The number of hydrogen-bond donors (Lipinski definition) is 2. The summed E-state index contributed by atoms with van der Waals surface area (Å²) in [6, 6.07) is 5.18. The highest BCUT2D eigenvalue weighted by Crippen LogP contribution is 2.26. The number of amides is 1. The van der Waals surface area contributed by atoms with Crippen LogP contribution in [0.25, 0.3) is 0 Å². The number of carbonyl (C=O) groups excluding carboxylic acids is 1. The molecule has 1 amide bonds. The van der Waals surface area contributed by atoms with Gasteiger partial charge in [-0.3, -0.25) is 4.79 Å². The Morgan fingerprint density at radius 3 is 2.95 bits per heavy atom. The zero-order valence-electron chi connectivity index (χ0n) is 9.91. The van der Waals surface area contributed by atoms with Crippen LogP contribution in [0.3, 0.4) is 0 Å². The standard InChI is InChI=1S/C11H10BrClN4OS/c1-2-14-11-17-16-10(19-11)9(18)15-6-3-4-7(12)8(13)5-6/h3-5H,2H2,1H3,(H,14,17)(H,15,18). The van der Waals surface area contributed by atoms with Crippen LogP contribution in [-0.4, -0.2) is 22.6 Å².